The number of nitrogens with zero attached hydrogens (tertiary/aromatic N) is 1. The van der Waals surface area contributed by atoms with Crippen LogP contribution in [0.5, 0.6) is 0 Å². The fraction of sp³-hybridized carbons (Fsp3) is 0.500. The number of hydrogen-bond acceptors (Lipinski definition) is 5. The number of hydroxylamine groups is 2. The second-order valence-electron chi connectivity index (χ2n) is 3.85. The predicted molar refractivity (Wildman–Crippen MR) is 62.8 cm³/mol. The molecule has 5 nitrogen and oxygen atoms in total. The third-order valence-electron chi connectivity index (χ3n) is 2.50. The van der Waals surface area contributed by atoms with Crippen molar-refractivity contribution in [3.63, 3.8) is 0 Å². The van der Waals surface area contributed by atoms with Crippen molar-refractivity contribution in [3.8, 4) is 0 Å². The first-order valence-corrected chi connectivity index (χ1v) is 5.66. The SMILES string of the molecule is OCCCCN(Cc1ccc(CO)cc1)OO. The molecule has 0 bridgehead atoms. The summed E-state index contributed by atoms with van der Waals surface area (Å²) in [6, 6.07) is 7.42. The monoisotopic (exact) mass is 241 g/mol. The summed E-state index contributed by atoms with van der Waals surface area (Å²) < 4.78 is 0. The normalized spacial score (nSPS) is 11.1. The second kappa shape index (κ2) is 8.16. The van der Waals surface area contributed by atoms with E-state index in [4.69, 9.17) is 15.5 Å². The number of hydrogen-bond donors (Lipinski definition) is 3. The van der Waals surface area contributed by atoms with Gasteiger partial charge in [-0.05, 0) is 24.0 Å². The molecule has 0 unspecified atom stereocenters. The number of benzene rings is 1. The van der Waals surface area contributed by atoms with Crippen LogP contribution in [0.25, 0.3) is 0 Å². The van der Waals surface area contributed by atoms with E-state index in [0.717, 1.165) is 17.5 Å². The highest BCUT2D eigenvalue weighted by atomic mass is 17.2. The minimum Gasteiger partial charge on any atom is -0.396 e. The Bertz CT molecular complexity index is 302. The van der Waals surface area contributed by atoms with E-state index in [0.29, 0.717) is 19.5 Å². The standard InChI is InChI=1S/C12H19NO4/c14-8-2-1-7-13(17-16)9-11-3-5-12(10-15)6-4-11/h3-6,14-16H,1-2,7-10H2. The Kier molecular flexibility index (Phi) is 6.76. The summed E-state index contributed by atoms with van der Waals surface area (Å²) in [5.41, 5.74) is 1.84. The molecule has 5 heteroatoms. The lowest BCUT2D eigenvalue weighted by molar-refractivity contribution is -0.400. The highest BCUT2D eigenvalue weighted by Crippen LogP contribution is 2.08. The second-order valence-corrected chi connectivity index (χ2v) is 3.85. The molecule has 0 saturated carbocycles. The van der Waals surface area contributed by atoms with Crippen LogP contribution in [0.3, 0.4) is 0 Å². The molecule has 1 aromatic carbocycles. The zero-order valence-electron chi connectivity index (χ0n) is 9.75. The summed E-state index contributed by atoms with van der Waals surface area (Å²) in [4.78, 5) is 4.26. The van der Waals surface area contributed by atoms with Gasteiger partial charge < -0.3 is 10.2 Å². The molecule has 0 radical (unpaired) electrons. The predicted octanol–water partition coefficient (Wildman–Crippen LogP) is 1.16. The van der Waals surface area contributed by atoms with Crippen molar-refractivity contribution in [2.75, 3.05) is 13.2 Å². The number of unbranched alkanes of at least 4 members (excludes halogenated alkanes) is 1. The van der Waals surface area contributed by atoms with Gasteiger partial charge >= 0.3 is 0 Å². The molecule has 0 spiro atoms. The van der Waals surface area contributed by atoms with Crippen LogP contribution in [0, 0.1) is 0 Å². The van der Waals surface area contributed by atoms with Crippen LogP contribution < -0.4 is 0 Å². The van der Waals surface area contributed by atoms with Gasteiger partial charge in [-0.15, -0.1) is 4.99 Å². The molecule has 17 heavy (non-hydrogen) atoms. The smallest absolute Gasteiger partial charge is 0.0681 e. The molecule has 0 fully saturated rings. The number of aliphatic hydroxyl groups excluding tert-OH is 2. The Morgan fingerprint density at radius 3 is 2.18 bits per heavy atom. The van der Waals surface area contributed by atoms with Crippen LogP contribution in [0.4, 0.5) is 0 Å². The Morgan fingerprint density at radius 2 is 1.65 bits per heavy atom. The van der Waals surface area contributed by atoms with Gasteiger partial charge in [0.2, 0.25) is 0 Å². The minimum absolute atomic E-state index is 0.0248. The number of aliphatic hydroxyl groups is 2. The first kappa shape index (κ1) is 14.1. The molecule has 0 aliphatic rings. The fourth-order valence-corrected chi connectivity index (χ4v) is 1.50. The van der Waals surface area contributed by atoms with E-state index in [1.54, 1.807) is 0 Å². The summed E-state index contributed by atoms with van der Waals surface area (Å²) in [7, 11) is 0. The molecule has 0 heterocycles. The average molecular weight is 241 g/mol. The zero-order chi connectivity index (χ0) is 12.5. The van der Waals surface area contributed by atoms with E-state index in [-0.39, 0.29) is 13.2 Å². The van der Waals surface area contributed by atoms with Crippen molar-refractivity contribution in [1.82, 2.24) is 5.06 Å². The Morgan fingerprint density at radius 1 is 1.00 bits per heavy atom. The van der Waals surface area contributed by atoms with Gasteiger partial charge in [-0.25, -0.2) is 5.26 Å². The van der Waals surface area contributed by atoms with Crippen LogP contribution in [0.2, 0.25) is 0 Å². The molecule has 0 aliphatic heterocycles. The van der Waals surface area contributed by atoms with Gasteiger partial charge in [-0.2, -0.15) is 5.06 Å². The first-order valence-electron chi connectivity index (χ1n) is 5.66. The average Bonchev–Trinajstić information content (AvgIpc) is 2.38. The molecule has 3 N–H and O–H groups in total. The highest BCUT2D eigenvalue weighted by Gasteiger charge is 2.06. The summed E-state index contributed by atoms with van der Waals surface area (Å²) in [6.45, 7) is 1.19. The molecule has 1 rings (SSSR count). The summed E-state index contributed by atoms with van der Waals surface area (Å²) >= 11 is 0. The lowest BCUT2D eigenvalue weighted by Crippen LogP contribution is -2.23. The maximum Gasteiger partial charge on any atom is 0.0681 e. The van der Waals surface area contributed by atoms with Gasteiger partial charge in [0, 0.05) is 13.2 Å². The van der Waals surface area contributed by atoms with Gasteiger partial charge in [-0.1, -0.05) is 24.3 Å². The van der Waals surface area contributed by atoms with Crippen LogP contribution in [-0.4, -0.2) is 33.7 Å². The maximum absolute atomic E-state index is 8.90. The van der Waals surface area contributed by atoms with Gasteiger partial charge in [0.05, 0.1) is 13.2 Å². The third-order valence-corrected chi connectivity index (χ3v) is 2.50. The van der Waals surface area contributed by atoms with Crippen LogP contribution in [0.1, 0.15) is 24.0 Å². The number of rotatable bonds is 8. The van der Waals surface area contributed by atoms with E-state index in [2.05, 4.69) is 4.99 Å². The Labute approximate surface area is 101 Å². The van der Waals surface area contributed by atoms with Crippen LogP contribution in [-0.2, 0) is 18.1 Å². The Balaban J connectivity index is 2.43. The molecule has 0 aliphatic carbocycles. The van der Waals surface area contributed by atoms with E-state index in [1.165, 1.54) is 5.06 Å². The summed E-state index contributed by atoms with van der Waals surface area (Å²) in [6.07, 6.45) is 1.44. The summed E-state index contributed by atoms with van der Waals surface area (Å²) in [5, 5.41) is 27.7. The van der Waals surface area contributed by atoms with Crippen molar-refractivity contribution < 1.29 is 20.5 Å². The van der Waals surface area contributed by atoms with Gasteiger partial charge in [0.25, 0.3) is 0 Å². The quantitative estimate of drug-likeness (QED) is 0.362. The van der Waals surface area contributed by atoms with Crippen molar-refractivity contribution in [3.05, 3.63) is 35.4 Å². The van der Waals surface area contributed by atoms with Gasteiger partial charge in [0.1, 0.15) is 0 Å². The van der Waals surface area contributed by atoms with Crippen molar-refractivity contribution in [1.29, 1.82) is 0 Å². The molecular weight excluding hydrogens is 222 g/mol. The third kappa shape index (κ3) is 5.25. The molecular formula is C12H19NO4. The maximum atomic E-state index is 8.90. The molecule has 0 aromatic heterocycles. The van der Waals surface area contributed by atoms with Crippen molar-refractivity contribution in [2.45, 2.75) is 26.0 Å². The van der Waals surface area contributed by atoms with E-state index < -0.39 is 0 Å². The molecule has 96 valence electrons. The highest BCUT2D eigenvalue weighted by molar-refractivity contribution is 5.21. The van der Waals surface area contributed by atoms with Crippen LogP contribution in [0.15, 0.2) is 24.3 Å². The van der Waals surface area contributed by atoms with E-state index in [1.807, 2.05) is 24.3 Å². The largest absolute Gasteiger partial charge is 0.396 e. The van der Waals surface area contributed by atoms with Gasteiger partial charge in [-0.3, -0.25) is 0 Å². The lowest BCUT2D eigenvalue weighted by Gasteiger charge is -2.17. The molecule has 0 atom stereocenters. The van der Waals surface area contributed by atoms with E-state index >= 15 is 0 Å². The van der Waals surface area contributed by atoms with Crippen molar-refractivity contribution in [2.24, 2.45) is 0 Å². The van der Waals surface area contributed by atoms with Gasteiger partial charge in [0.15, 0.2) is 0 Å². The molecule has 1 aromatic rings. The fourth-order valence-electron chi connectivity index (χ4n) is 1.50. The lowest BCUT2D eigenvalue weighted by atomic mass is 10.1. The van der Waals surface area contributed by atoms with Crippen molar-refractivity contribution >= 4 is 0 Å². The first-order chi connectivity index (χ1) is 8.30. The molecule has 0 saturated heterocycles. The summed E-state index contributed by atoms with van der Waals surface area (Å²) in [5.74, 6) is 0. The van der Waals surface area contributed by atoms with Crippen LogP contribution >= 0.6 is 0 Å². The minimum atomic E-state index is 0.0248. The topological polar surface area (TPSA) is 73.2 Å². The zero-order valence-corrected chi connectivity index (χ0v) is 9.75. The van der Waals surface area contributed by atoms with E-state index in [9.17, 15) is 0 Å². The molecule has 0 amide bonds. The Hall–Kier alpha value is -0.980.